The Morgan fingerprint density at radius 3 is 2.38 bits per heavy atom. The normalized spacial score (nSPS) is 11.1. The van der Waals surface area contributed by atoms with Crippen molar-refractivity contribution in [2.24, 2.45) is 0 Å². The topological polar surface area (TPSA) is 35.5 Å². The van der Waals surface area contributed by atoms with Crippen LogP contribution in [0.25, 0.3) is 0 Å². The van der Waals surface area contributed by atoms with E-state index < -0.39 is 0 Å². The van der Waals surface area contributed by atoms with Gasteiger partial charge < -0.3 is 15.3 Å². The van der Waals surface area contributed by atoms with E-state index in [0.717, 1.165) is 26.1 Å². The molecule has 0 fully saturated rings. The number of aliphatic hydroxyl groups is 1. The SMILES string of the molecule is CNCCCCCN(C)CCCO. The molecule has 0 bridgehead atoms. The maximum atomic E-state index is 8.62. The minimum atomic E-state index is 0.310. The smallest absolute Gasteiger partial charge is 0.0443 e. The van der Waals surface area contributed by atoms with E-state index >= 15 is 0 Å². The maximum absolute atomic E-state index is 8.62. The van der Waals surface area contributed by atoms with E-state index in [1.54, 1.807) is 0 Å². The van der Waals surface area contributed by atoms with Crippen LogP contribution in [-0.2, 0) is 0 Å². The first kappa shape index (κ1) is 12.9. The highest BCUT2D eigenvalue weighted by Crippen LogP contribution is 1.96. The van der Waals surface area contributed by atoms with Crippen molar-refractivity contribution in [3.05, 3.63) is 0 Å². The van der Waals surface area contributed by atoms with E-state index in [0.29, 0.717) is 6.61 Å². The first-order valence-corrected chi connectivity index (χ1v) is 5.25. The number of aliphatic hydroxyl groups excluding tert-OH is 1. The molecule has 0 saturated heterocycles. The van der Waals surface area contributed by atoms with E-state index in [1.807, 2.05) is 7.05 Å². The quantitative estimate of drug-likeness (QED) is 0.523. The molecule has 0 spiro atoms. The molecule has 0 rings (SSSR count). The van der Waals surface area contributed by atoms with Crippen LogP contribution in [-0.4, -0.2) is 50.3 Å². The molecule has 0 radical (unpaired) electrons. The molecule has 80 valence electrons. The minimum Gasteiger partial charge on any atom is -0.396 e. The number of rotatable bonds is 9. The van der Waals surface area contributed by atoms with Crippen LogP contribution in [0, 0.1) is 0 Å². The molecule has 0 heterocycles. The Bertz CT molecular complexity index is 98.9. The molecule has 0 amide bonds. The van der Waals surface area contributed by atoms with Crippen LogP contribution < -0.4 is 5.32 Å². The molecule has 0 aliphatic carbocycles. The Morgan fingerprint density at radius 2 is 1.77 bits per heavy atom. The van der Waals surface area contributed by atoms with Gasteiger partial charge in [-0.3, -0.25) is 0 Å². The molecule has 0 aromatic carbocycles. The third-order valence-corrected chi connectivity index (χ3v) is 2.16. The van der Waals surface area contributed by atoms with Crippen molar-refractivity contribution < 1.29 is 5.11 Å². The summed E-state index contributed by atoms with van der Waals surface area (Å²) in [6.07, 6.45) is 4.73. The van der Waals surface area contributed by atoms with Gasteiger partial charge in [0, 0.05) is 13.2 Å². The average molecular weight is 188 g/mol. The summed E-state index contributed by atoms with van der Waals surface area (Å²) in [6, 6.07) is 0. The number of hydrogen-bond acceptors (Lipinski definition) is 3. The number of hydrogen-bond donors (Lipinski definition) is 2. The zero-order valence-corrected chi connectivity index (χ0v) is 9.05. The molecule has 0 unspecified atom stereocenters. The van der Waals surface area contributed by atoms with Crippen molar-refractivity contribution in [1.82, 2.24) is 10.2 Å². The molecule has 3 nitrogen and oxygen atoms in total. The van der Waals surface area contributed by atoms with Crippen LogP contribution in [0.4, 0.5) is 0 Å². The number of unbranched alkanes of at least 4 members (excludes halogenated alkanes) is 2. The molecule has 13 heavy (non-hydrogen) atoms. The second kappa shape index (κ2) is 9.96. The third-order valence-electron chi connectivity index (χ3n) is 2.16. The summed E-state index contributed by atoms with van der Waals surface area (Å²) in [5.41, 5.74) is 0. The van der Waals surface area contributed by atoms with Crippen LogP contribution in [0.5, 0.6) is 0 Å². The zero-order chi connectivity index (χ0) is 9.94. The zero-order valence-electron chi connectivity index (χ0n) is 9.05. The van der Waals surface area contributed by atoms with Gasteiger partial charge >= 0.3 is 0 Å². The molecule has 0 aliphatic heterocycles. The monoisotopic (exact) mass is 188 g/mol. The predicted octanol–water partition coefficient (Wildman–Crippen LogP) is 0.690. The summed E-state index contributed by atoms with van der Waals surface area (Å²) in [5.74, 6) is 0. The molecule has 0 aliphatic rings. The fourth-order valence-corrected chi connectivity index (χ4v) is 1.31. The summed E-state index contributed by atoms with van der Waals surface area (Å²) in [7, 11) is 4.11. The molecule has 0 aromatic heterocycles. The molecule has 0 atom stereocenters. The summed E-state index contributed by atoms with van der Waals surface area (Å²) in [4.78, 5) is 2.29. The highest BCUT2D eigenvalue weighted by molar-refractivity contribution is 4.52. The van der Waals surface area contributed by atoms with E-state index in [9.17, 15) is 0 Å². The van der Waals surface area contributed by atoms with Crippen molar-refractivity contribution in [3.8, 4) is 0 Å². The summed E-state index contributed by atoms with van der Waals surface area (Å²) >= 11 is 0. The summed E-state index contributed by atoms with van der Waals surface area (Å²) in [6.45, 7) is 3.61. The Hall–Kier alpha value is -0.120. The molecule has 3 heteroatoms. The van der Waals surface area contributed by atoms with Crippen LogP contribution in [0.1, 0.15) is 25.7 Å². The highest BCUT2D eigenvalue weighted by atomic mass is 16.3. The molecule has 0 aromatic rings. The minimum absolute atomic E-state index is 0.310. The highest BCUT2D eigenvalue weighted by Gasteiger charge is 1.96. The van der Waals surface area contributed by atoms with Gasteiger partial charge in [-0.05, 0) is 46.4 Å². The van der Waals surface area contributed by atoms with Gasteiger partial charge in [-0.1, -0.05) is 6.42 Å². The molecular formula is C10H24N2O. The first-order valence-electron chi connectivity index (χ1n) is 5.25. The largest absolute Gasteiger partial charge is 0.396 e. The van der Waals surface area contributed by atoms with E-state index in [-0.39, 0.29) is 0 Å². The molecule has 2 N–H and O–H groups in total. The predicted molar refractivity (Wildman–Crippen MR) is 57.0 cm³/mol. The van der Waals surface area contributed by atoms with Crippen molar-refractivity contribution in [2.75, 3.05) is 40.3 Å². The lowest BCUT2D eigenvalue weighted by molar-refractivity contribution is 0.245. The van der Waals surface area contributed by atoms with Crippen molar-refractivity contribution in [1.29, 1.82) is 0 Å². The van der Waals surface area contributed by atoms with Gasteiger partial charge in [-0.2, -0.15) is 0 Å². The van der Waals surface area contributed by atoms with Gasteiger partial charge in [0.2, 0.25) is 0 Å². The Morgan fingerprint density at radius 1 is 1.08 bits per heavy atom. The fraction of sp³-hybridized carbons (Fsp3) is 1.00. The first-order chi connectivity index (χ1) is 6.31. The van der Waals surface area contributed by atoms with Gasteiger partial charge in [0.1, 0.15) is 0 Å². The summed E-state index contributed by atoms with van der Waals surface area (Å²) in [5, 5.41) is 11.8. The van der Waals surface area contributed by atoms with Crippen molar-refractivity contribution in [3.63, 3.8) is 0 Å². The second-order valence-electron chi connectivity index (χ2n) is 3.54. The van der Waals surface area contributed by atoms with E-state index in [2.05, 4.69) is 17.3 Å². The molecular weight excluding hydrogens is 164 g/mol. The third kappa shape index (κ3) is 9.80. The number of nitrogens with one attached hydrogen (secondary N) is 1. The van der Waals surface area contributed by atoms with Gasteiger partial charge in [-0.25, -0.2) is 0 Å². The lowest BCUT2D eigenvalue weighted by atomic mass is 10.2. The second-order valence-corrected chi connectivity index (χ2v) is 3.54. The van der Waals surface area contributed by atoms with E-state index in [1.165, 1.54) is 19.3 Å². The van der Waals surface area contributed by atoms with Crippen molar-refractivity contribution >= 4 is 0 Å². The maximum Gasteiger partial charge on any atom is 0.0443 e. The molecule has 0 saturated carbocycles. The van der Waals surface area contributed by atoms with Crippen LogP contribution >= 0.6 is 0 Å². The van der Waals surface area contributed by atoms with Gasteiger partial charge in [0.15, 0.2) is 0 Å². The van der Waals surface area contributed by atoms with Crippen LogP contribution in [0.3, 0.4) is 0 Å². The Kier molecular flexibility index (Phi) is 9.87. The van der Waals surface area contributed by atoms with Gasteiger partial charge in [0.25, 0.3) is 0 Å². The van der Waals surface area contributed by atoms with Crippen LogP contribution in [0.2, 0.25) is 0 Å². The Balaban J connectivity index is 3.03. The number of nitrogens with zero attached hydrogens (tertiary/aromatic N) is 1. The van der Waals surface area contributed by atoms with E-state index in [4.69, 9.17) is 5.11 Å². The van der Waals surface area contributed by atoms with Gasteiger partial charge in [-0.15, -0.1) is 0 Å². The van der Waals surface area contributed by atoms with Crippen molar-refractivity contribution in [2.45, 2.75) is 25.7 Å². The fourth-order valence-electron chi connectivity index (χ4n) is 1.31. The average Bonchev–Trinajstić information content (AvgIpc) is 2.14. The lowest BCUT2D eigenvalue weighted by Crippen LogP contribution is -2.21. The lowest BCUT2D eigenvalue weighted by Gasteiger charge is -2.15. The summed E-state index contributed by atoms with van der Waals surface area (Å²) < 4.78 is 0. The van der Waals surface area contributed by atoms with Gasteiger partial charge in [0.05, 0.1) is 0 Å². The van der Waals surface area contributed by atoms with Crippen LogP contribution in [0.15, 0.2) is 0 Å². The standard InChI is InChI=1S/C10H24N2O/c1-11-7-4-3-5-8-12(2)9-6-10-13/h11,13H,3-10H2,1-2H3. The Labute approximate surface area is 82.1 Å².